The van der Waals surface area contributed by atoms with E-state index in [-0.39, 0.29) is 5.78 Å². The number of hydrogen-bond donors (Lipinski definition) is 0. The molecule has 0 aliphatic rings. The highest BCUT2D eigenvalue weighted by molar-refractivity contribution is 6.16. The molecule has 3 aromatic rings. The van der Waals surface area contributed by atoms with Crippen molar-refractivity contribution in [1.82, 2.24) is 0 Å². The number of hydrogen-bond acceptors (Lipinski definition) is 2. The van der Waals surface area contributed by atoms with E-state index < -0.39 is 0 Å². The zero-order valence-corrected chi connectivity index (χ0v) is 10.0. The maximum Gasteiger partial charge on any atom is 0.196 e. The Labute approximate surface area is 105 Å². The average Bonchev–Trinajstić information content (AvgIpc) is 2.84. The van der Waals surface area contributed by atoms with E-state index in [9.17, 15) is 4.79 Å². The molecule has 1 aromatic heterocycles. The molecular weight excluding hydrogens is 224 g/mol. The molecule has 0 N–H and O–H groups in total. The first kappa shape index (κ1) is 10.8. The van der Waals surface area contributed by atoms with E-state index in [2.05, 4.69) is 0 Å². The Balaban J connectivity index is 2.17. The van der Waals surface area contributed by atoms with Gasteiger partial charge in [-0.25, -0.2) is 0 Å². The summed E-state index contributed by atoms with van der Waals surface area (Å²) in [7, 11) is 0. The van der Waals surface area contributed by atoms with E-state index in [1.54, 1.807) is 6.07 Å². The highest BCUT2D eigenvalue weighted by Gasteiger charge is 2.13. The minimum Gasteiger partial charge on any atom is -0.469 e. The lowest BCUT2D eigenvalue weighted by Gasteiger charge is -2.03. The fraction of sp³-hybridized carbons (Fsp3) is 0.0625. The number of furan rings is 1. The first-order valence-electron chi connectivity index (χ1n) is 5.83. The second-order valence-corrected chi connectivity index (χ2v) is 4.30. The third-order valence-electron chi connectivity index (χ3n) is 3.03. The minimum absolute atomic E-state index is 0.00338. The minimum atomic E-state index is 0.00338. The molecule has 1 heterocycles. The lowest BCUT2D eigenvalue weighted by atomic mass is 9.98. The second kappa shape index (κ2) is 4.15. The van der Waals surface area contributed by atoms with Crippen LogP contribution in [0, 0.1) is 6.92 Å². The normalized spacial score (nSPS) is 10.7. The summed E-state index contributed by atoms with van der Waals surface area (Å²) in [5.74, 6) is 0.752. The van der Waals surface area contributed by atoms with Gasteiger partial charge in [0.25, 0.3) is 0 Å². The molecule has 0 fully saturated rings. The molecular formula is C16H12O2. The Morgan fingerprint density at radius 3 is 2.61 bits per heavy atom. The summed E-state index contributed by atoms with van der Waals surface area (Å²) < 4.78 is 5.20. The standard InChI is InChI=1S/C16H12O2/c1-11-9-13(10-18-11)16(17)15-8-4-6-12-5-2-3-7-14(12)15/h2-10H,1H3. The van der Waals surface area contributed by atoms with Gasteiger partial charge in [-0.2, -0.15) is 0 Å². The van der Waals surface area contributed by atoms with Gasteiger partial charge in [-0.05, 0) is 23.8 Å². The number of fused-ring (bicyclic) bond motifs is 1. The Kier molecular flexibility index (Phi) is 2.49. The largest absolute Gasteiger partial charge is 0.469 e. The van der Waals surface area contributed by atoms with E-state index in [1.165, 1.54) is 6.26 Å². The lowest BCUT2D eigenvalue weighted by molar-refractivity contribution is 0.103. The molecule has 0 saturated heterocycles. The summed E-state index contributed by atoms with van der Waals surface area (Å²) >= 11 is 0. The molecule has 0 unspecified atom stereocenters. The molecule has 0 amide bonds. The van der Waals surface area contributed by atoms with Crippen molar-refractivity contribution in [2.24, 2.45) is 0 Å². The van der Waals surface area contributed by atoms with Crippen LogP contribution < -0.4 is 0 Å². The number of carbonyl (C=O) groups excluding carboxylic acids is 1. The molecule has 0 spiro atoms. The SMILES string of the molecule is Cc1cc(C(=O)c2cccc3ccccc23)co1. The highest BCUT2D eigenvalue weighted by atomic mass is 16.3. The van der Waals surface area contributed by atoms with E-state index >= 15 is 0 Å². The Morgan fingerprint density at radius 2 is 1.83 bits per heavy atom. The van der Waals surface area contributed by atoms with Gasteiger partial charge in [-0.15, -0.1) is 0 Å². The zero-order chi connectivity index (χ0) is 12.5. The fourth-order valence-corrected chi connectivity index (χ4v) is 2.14. The third kappa shape index (κ3) is 1.72. The number of rotatable bonds is 2. The zero-order valence-electron chi connectivity index (χ0n) is 10.0. The summed E-state index contributed by atoms with van der Waals surface area (Å²) in [6, 6.07) is 15.4. The monoisotopic (exact) mass is 236 g/mol. The van der Waals surface area contributed by atoms with E-state index in [4.69, 9.17) is 4.42 Å². The van der Waals surface area contributed by atoms with Crippen LogP contribution >= 0.6 is 0 Å². The molecule has 2 heteroatoms. The van der Waals surface area contributed by atoms with Gasteiger partial charge in [0.2, 0.25) is 0 Å². The van der Waals surface area contributed by atoms with Crippen LogP contribution in [0.2, 0.25) is 0 Å². The molecule has 2 nitrogen and oxygen atoms in total. The Hall–Kier alpha value is -2.35. The third-order valence-corrected chi connectivity index (χ3v) is 3.03. The van der Waals surface area contributed by atoms with E-state index in [0.717, 1.165) is 16.5 Å². The first-order chi connectivity index (χ1) is 8.75. The quantitative estimate of drug-likeness (QED) is 0.630. The predicted octanol–water partition coefficient (Wildman–Crippen LogP) is 3.97. The van der Waals surface area contributed by atoms with Crippen LogP contribution in [0.3, 0.4) is 0 Å². The van der Waals surface area contributed by atoms with E-state index in [0.29, 0.717) is 11.1 Å². The molecule has 0 aliphatic carbocycles. The van der Waals surface area contributed by atoms with Gasteiger partial charge in [0.15, 0.2) is 5.78 Å². The summed E-state index contributed by atoms with van der Waals surface area (Å²) in [5.41, 5.74) is 1.32. The fourth-order valence-electron chi connectivity index (χ4n) is 2.14. The van der Waals surface area contributed by atoms with Gasteiger partial charge in [0, 0.05) is 5.56 Å². The van der Waals surface area contributed by atoms with Gasteiger partial charge >= 0.3 is 0 Å². The summed E-state index contributed by atoms with van der Waals surface area (Å²) in [4.78, 5) is 12.4. The lowest BCUT2D eigenvalue weighted by Crippen LogP contribution is -2.00. The summed E-state index contributed by atoms with van der Waals surface area (Å²) in [5, 5.41) is 2.05. The smallest absolute Gasteiger partial charge is 0.196 e. The number of ketones is 1. The van der Waals surface area contributed by atoms with Crippen LogP contribution in [-0.2, 0) is 0 Å². The van der Waals surface area contributed by atoms with Crippen molar-refractivity contribution >= 4 is 16.6 Å². The van der Waals surface area contributed by atoms with Gasteiger partial charge in [0.1, 0.15) is 12.0 Å². The predicted molar refractivity (Wildman–Crippen MR) is 70.8 cm³/mol. The van der Waals surface area contributed by atoms with Crippen molar-refractivity contribution in [2.45, 2.75) is 6.92 Å². The number of carbonyl (C=O) groups is 1. The molecule has 0 aliphatic heterocycles. The van der Waals surface area contributed by atoms with Crippen LogP contribution in [-0.4, -0.2) is 5.78 Å². The molecule has 0 bridgehead atoms. The van der Waals surface area contributed by atoms with Crippen molar-refractivity contribution in [2.75, 3.05) is 0 Å². The van der Waals surface area contributed by atoms with Crippen LogP contribution in [0.5, 0.6) is 0 Å². The van der Waals surface area contributed by atoms with Crippen molar-refractivity contribution < 1.29 is 9.21 Å². The molecule has 0 saturated carbocycles. The van der Waals surface area contributed by atoms with Crippen LogP contribution in [0.15, 0.2) is 59.2 Å². The molecule has 0 radical (unpaired) electrons. The summed E-state index contributed by atoms with van der Waals surface area (Å²) in [6.07, 6.45) is 1.51. The number of aryl methyl sites for hydroxylation is 1. The second-order valence-electron chi connectivity index (χ2n) is 4.30. The van der Waals surface area contributed by atoms with Crippen molar-refractivity contribution in [3.63, 3.8) is 0 Å². The molecule has 2 aromatic carbocycles. The van der Waals surface area contributed by atoms with E-state index in [1.807, 2.05) is 49.4 Å². The van der Waals surface area contributed by atoms with Crippen molar-refractivity contribution in [1.29, 1.82) is 0 Å². The number of benzene rings is 2. The molecule has 0 atom stereocenters. The van der Waals surface area contributed by atoms with Crippen molar-refractivity contribution in [3.8, 4) is 0 Å². The van der Waals surface area contributed by atoms with Crippen molar-refractivity contribution in [3.05, 3.63) is 71.7 Å². The highest BCUT2D eigenvalue weighted by Crippen LogP contribution is 2.22. The van der Waals surface area contributed by atoms with Gasteiger partial charge in [0.05, 0.1) is 5.56 Å². The summed E-state index contributed by atoms with van der Waals surface area (Å²) in [6.45, 7) is 1.83. The van der Waals surface area contributed by atoms with Gasteiger partial charge < -0.3 is 4.42 Å². The van der Waals surface area contributed by atoms with Crippen LogP contribution in [0.4, 0.5) is 0 Å². The van der Waals surface area contributed by atoms with Crippen LogP contribution in [0.25, 0.3) is 10.8 Å². The molecule has 18 heavy (non-hydrogen) atoms. The molecule has 3 rings (SSSR count). The average molecular weight is 236 g/mol. The van der Waals surface area contributed by atoms with Crippen LogP contribution in [0.1, 0.15) is 21.7 Å². The van der Waals surface area contributed by atoms with Gasteiger partial charge in [-0.3, -0.25) is 4.79 Å². The maximum absolute atomic E-state index is 12.4. The Morgan fingerprint density at radius 1 is 1.06 bits per heavy atom. The Bertz CT molecular complexity index is 717. The maximum atomic E-state index is 12.4. The molecule has 88 valence electrons. The van der Waals surface area contributed by atoms with Gasteiger partial charge in [-0.1, -0.05) is 42.5 Å². The first-order valence-corrected chi connectivity index (χ1v) is 5.83. The topological polar surface area (TPSA) is 30.2 Å².